The van der Waals surface area contributed by atoms with Crippen LogP contribution < -0.4 is 5.73 Å². The molecule has 0 atom stereocenters. The van der Waals surface area contributed by atoms with Gasteiger partial charge in [0, 0.05) is 0 Å². The molecule has 0 bridgehead atoms. The van der Waals surface area contributed by atoms with Gasteiger partial charge in [-0.05, 0) is 23.9 Å². The van der Waals surface area contributed by atoms with Gasteiger partial charge in [0.1, 0.15) is 23.0 Å². The summed E-state index contributed by atoms with van der Waals surface area (Å²) in [5, 5.41) is 9.67. The lowest BCUT2D eigenvalue weighted by Gasteiger charge is -2.13. The maximum Gasteiger partial charge on any atom is 0.446 e. The summed E-state index contributed by atoms with van der Waals surface area (Å²) in [4.78, 5) is 3.71. The normalized spacial score (nSPS) is 12.7. The third-order valence-electron chi connectivity index (χ3n) is 4.15. The Hall–Kier alpha value is -1.93. The molecular weight excluding hydrogens is 504 g/mol. The van der Waals surface area contributed by atoms with Crippen LogP contribution in [0.4, 0.5) is 32.2 Å². The Bertz CT molecular complexity index is 1120. The van der Waals surface area contributed by atoms with Crippen molar-refractivity contribution in [2.75, 3.05) is 5.73 Å². The molecule has 0 fully saturated rings. The second-order valence-electron chi connectivity index (χ2n) is 7.15. The first kappa shape index (κ1) is 24.7. The summed E-state index contributed by atoms with van der Waals surface area (Å²) in [5.74, 6) is -0.440. The van der Waals surface area contributed by atoms with Gasteiger partial charge in [0.2, 0.25) is 0 Å². The molecular formula is C16H14BCl2F6N6S-. The third kappa shape index (κ3) is 5.34. The molecule has 0 spiro atoms. The van der Waals surface area contributed by atoms with E-state index < -0.39 is 56.4 Å². The molecule has 1 aromatic carbocycles. The van der Waals surface area contributed by atoms with Crippen LogP contribution in [0.5, 0.6) is 0 Å². The Morgan fingerprint density at radius 3 is 2.25 bits per heavy atom. The summed E-state index contributed by atoms with van der Waals surface area (Å²) in [6, 6.07) is 1.16. The van der Waals surface area contributed by atoms with Gasteiger partial charge in [-0.15, -0.1) is 0 Å². The van der Waals surface area contributed by atoms with Gasteiger partial charge in [0.15, 0.2) is 0 Å². The maximum absolute atomic E-state index is 13.2. The number of benzene rings is 1. The second kappa shape index (κ2) is 8.78. The number of hydrogen-bond donors (Lipinski definition) is 2. The summed E-state index contributed by atoms with van der Waals surface area (Å²) < 4.78 is 79.4. The minimum absolute atomic E-state index is 0.132. The number of alkyl halides is 6. The molecule has 174 valence electrons. The lowest BCUT2D eigenvalue weighted by Crippen LogP contribution is -2.09. The van der Waals surface area contributed by atoms with E-state index in [1.54, 1.807) is 0 Å². The highest BCUT2D eigenvalue weighted by Gasteiger charge is 2.36. The number of rotatable bonds is 5. The number of H-pyrrole nitrogens is 1. The van der Waals surface area contributed by atoms with Crippen molar-refractivity contribution in [3.8, 4) is 17.2 Å². The fraction of sp³-hybridized carbons (Fsp3) is 0.375. The lowest BCUT2D eigenvalue weighted by molar-refractivity contribution is -0.137. The molecule has 0 aliphatic rings. The number of nitrogen functional groups attached to an aromatic ring is 1. The van der Waals surface area contributed by atoms with Gasteiger partial charge in [-0.25, -0.2) is 9.78 Å². The Labute approximate surface area is 192 Å². The Balaban J connectivity index is 2.19. The average molecular weight is 518 g/mol. The van der Waals surface area contributed by atoms with Crippen molar-refractivity contribution in [2.45, 2.75) is 36.7 Å². The number of halogens is 8. The smallest absolute Gasteiger partial charge is 0.446 e. The number of thioether (sulfide) groups is 1. The quantitative estimate of drug-likeness (QED) is 0.327. The van der Waals surface area contributed by atoms with E-state index in [4.69, 9.17) is 28.9 Å². The van der Waals surface area contributed by atoms with Crippen molar-refractivity contribution >= 4 is 47.4 Å². The van der Waals surface area contributed by atoms with Gasteiger partial charge >= 0.3 is 11.7 Å². The zero-order chi connectivity index (χ0) is 24.0. The molecule has 0 saturated carbocycles. The van der Waals surface area contributed by atoms with Gasteiger partial charge in [-0.2, -0.15) is 37.8 Å². The highest BCUT2D eigenvalue weighted by molar-refractivity contribution is 8.00. The van der Waals surface area contributed by atoms with E-state index in [0.29, 0.717) is 18.5 Å². The molecule has 3 N–H and O–H groups in total. The number of hydrogen-bond acceptors (Lipinski definition) is 5. The van der Waals surface area contributed by atoms with Gasteiger partial charge in [0.25, 0.3) is 0 Å². The van der Waals surface area contributed by atoms with Gasteiger partial charge in [-0.3, -0.25) is 0 Å². The van der Waals surface area contributed by atoms with E-state index in [1.807, 2.05) is 13.8 Å². The highest BCUT2D eigenvalue weighted by atomic mass is 35.5. The van der Waals surface area contributed by atoms with E-state index in [1.165, 1.54) is 0 Å². The minimum atomic E-state index is -4.74. The average Bonchev–Trinajstić information content (AvgIpc) is 3.18. The van der Waals surface area contributed by atoms with E-state index in [0.717, 1.165) is 4.68 Å². The third-order valence-corrected chi connectivity index (χ3v) is 5.57. The number of nitrogens with two attached hydrogens (primary N) is 1. The summed E-state index contributed by atoms with van der Waals surface area (Å²) in [6.07, 6.45) is -4.18. The highest BCUT2D eigenvalue weighted by Crippen LogP contribution is 2.46. The number of aromatic nitrogens is 5. The molecule has 16 heteroatoms. The molecule has 0 amide bonds. The molecule has 0 aliphatic heterocycles. The van der Waals surface area contributed by atoms with Crippen molar-refractivity contribution in [1.29, 1.82) is 0 Å². The van der Waals surface area contributed by atoms with Gasteiger partial charge in [-0.1, -0.05) is 43.0 Å². The van der Waals surface area contributed by atoms with E-state index in [2.05, 4.69) is 20.1 Å². The van der Waals surface area contributed by atoms with Crippen molar-refractivity contribution < 1.29 is 26.3 Å². The zero-order valence-corrected chi connectivity index (χ0v) is 18.6. The first-order chi connectivity index (χ1) is 14.7. The Morgan fingerprint density at radius 2 is 1.75 bits per heavy atom. The predicted octanol–water partition coefficient (Wildman–Crippen LogP) is 5.86. The lowest BCUT2D eigenvalue weighted by atomic mass is 9.79. The van der Waals surface area contributed by atoms with Crippen LogP contribution in [0.2, 0.25) is 10.0 Å². The van der Waals surface area contributed by atoms with Crippen LogP contribution in [-0.4, -0.2) is 36.9 Å². The van der Waals surface area contributed by atoms with Crippen LogP contribution >= 0.6 is 35.0 Å². The topological polar surface area (TPSA) is 85.4 Å². The number of aromatic amines is 1. The SMILES string of the molecule is CC(C)C[b-]1nc(-c2nn(-c3c(Cl)cc(C(F)(F)F)cc3Cl)c(N)c2SC(F)(F)F)n[nH]1. The van der Waals surface area contributed by atoms with Crippen LogP contribution in [-0.2, 0) is 12.5 Å². The predicted molar refractivity (Wildman–Crippen MR) is 111 cm³/mol. The minimum Gasteiger partial charge on any atom is -0.476 e. The Morgan fingerprint density at radius 1 is 1.16 bits per heavy atom. The molecule has 32 heavy (non-hydrogen) atoms. The molecule has 0 unspecified atom stereocenters. The van der Waals surface area contributed by atoms with E-state index >= 15 is 0 Å². The number of anilines is 1. The van der Waals surface area contributed by atoms with Crippen LogP contribution in [0, 0.1) is 5.92 Å². The fourth-order valence-electron chi connectivity index (χ4n) is 2.89. The zero-order valence-electron chi connectivity index (χ0n) is 16.3. The fourth-order valence-corrected chi connectivity index (χ4v) is 4.19. The van der Waals surface area contributed by atoms with Crippen molar-refractivity contribution in [2.24, 2.45) is 5.92 Å². The summed E-state index contributed by atoms with van der Waals surface area (Å²) in [5.41, 5.74) is -0.583. The molecule has 6 nitrogen and oxygen atoms in total. The van der Waals surface area contributed by atoms with Crippen LogP contribution in [0.15, 0.2) is 17.0 Å². The first-order valence-corrected chi connectivity index (χ1v) is 10.5. The molecule has 3 aromatic rings. The molecule has 2 heterocycles. The van der Waals surface area contributed by atoms with E-state index in [-0.39, 0.29) is 23.1 Å². The number of nitrogens with one attached hydrogen (secondary N) is 1. The summed E-state index contributed by atoms with van der Waals surface area (Å²) >= 11 is 11.4. The van der Waals surface area contributed by atoms with Gasteiger partial charge in [0.05, 0.1) is 27.1 Å². The molecule has 2 aromatic heterocycles. The van der Waals surface area contributed by atoms with Crippen molar-refractivity contribution in [3.05, 3.63) is 27.7 Å². The first-order valence-electron chi connectivity index (χ1n) is 8.92. The summed E-state index contributed by atoms with van der Waals surface area (Å²) in [6.45, 7) is 3.39. The van der Waals surface area contributed by atoms with Crippen LogP contribution in [0.25, 0.3) is 17.2 Å². The van der Waals surface area contributed by atoms with Crippen molar-refractivity contribution in [1.82, 2.24) is 24.8 Å². The Kier molecular flexibility index (Phi) is 6.78. The molecule has 3 rings (SSSR count). The maximum atomic E-state index is 13.2. The monoisotopic (exact) mass is 517 g/mol. The summed E-state index contributed by atoms with van der Waals surface area (Å²) in [7, 11) is 0. The van der Waals surface area contributed by atoms with Crippen molar-refractivity contribution in [3.63, 3.8) is 0 Å². The molecule has 0 aliphatic carbocycles. The standard InChI is InChI=1S/C16H14BCl2F6N6S/c1-6(2)5-17-27-14(28-30-17)10-12(32-16(23,24)25)13(26)31(29-10)11-8(18)3-7(4-9(11)19)15(20,21)22/h3-4,6,30H,5,26H2,1-2H3/q-1. The van der Waals surface area contributed by atoms with Crippen LogP contribution in [0.3, 0.4) is 0 Å². The molecule has 0 saturated heterocycles. The van der Waals surface area contributed by atoms with Crippen LogP contribution in [0.1, 0.15) is 19.4 Å². The second-order valence-corrected chi connectivity index (χ2v) is 9.04. The molecule has 0 radical (unpaired) electrons. The largest absolute Gasteiger partial charge is 0.476 e. The van der Waals surface area contributed by atoms with Gasteiger partial charge < -0.3 is 15.6 Å². The van der Waals surface area contributed by atoms with E-state index in [9.17, 15) is 26.3 Å². The number of nitrogens with zero attached hydrogens (tertiary/aromatic N) is 4.